The molecular formula is C37H22N4S2. The van der Waals surface area contributed by atoms with Crippen molar-refractivity contribution >= 4 is 63.3 Å². The van der Waals surface area contributed by atoms with Gasteiger partial charge in [0.1, 0.15) is 9.66 Å². The molecule has 0 radical (unpaired) electrons. The smallest absolute Gasteiger partial charge is 0.164 e. The van der Waals surface area contributed by atoms with Crippen molar-refractivity contribution in [3.63, 3.8) is 0 Å². The van der Waals surface area contributed by atoms with Gasteiger partial charge in [0.15, 0.2) is 17.5 Å². The molecular weight excluding hydrogens is 565 g/mol. The van der Waals surface area contributed by atoms with Crippen LogP contribution in [0, 0.1) is 0 Å². The molecule has 0 spiro atoms. The fourth-order valence-electron chi connectivity index (χ4n) is 5.90. The van der Waals surface area contributed by atoms with Crippen LogP contribution < -0.4 is 0 Å². The maximum atomic E-state index is 5.00. The van der Waals surface area contributed by atoms with Gasteiger partial charge in [0.25, 0.3) is 0 Å². The Morgan fingerprint density at radius 3 is 1.53 bits per heavy atom. The van der Waals surface area contributed by atoms with Crippen molar-refractivity contribution in [2.45, 2.75) is 0 Å². The quantitative estimate of drug-likeness (QED) is 0.206. The summed E-state index contributed by atoms with van der Waals surface area (Å²) in [6.07, 6.45) is 0. The number of rotatable bonds is 4. The highest BCUT2D eigenvalue weighted by molar-refractivity contribution is 7.28. The van der Waals surface area contributed by atoms with Crippen molar-refractivity contribution in [3.8, 4) is 39.9 Å². The lowest BCUT2D eigenvalue weighted by Gasteiger charge is -2.08. The Balaban J connectivity index is 1.33. The Morgan fingerprint density at radius 1 is 0.419 bits per heavy atom. The van der Waals surface area contributed by atoms with Crippen molar-refractivity contribution in [3.05, 3.63) is 133 Å². The van der Waals surface area contributed by atoms with E-state index >= 15 is 0 Å². The van der Waals surface area contributed by atoms with Gasteiger partial charge in [0.05, 0.1) is 0 Å². The third-order valence-corrected chi connectivity index (χ3v) is 10.2. The summed E-state index contributed by atoms with van der Waals surface area (Å²) in [5, 5.41) is 5.13. The number of para-hydroxylation sites is 1. The molecule has 0 aliphatic heterocycles. The van der Waals surface area contributed by atoms with Crippen molar-refractivity contribution in [1.82, 2.24) is 19.5 Å². The minimum absolute atomic E-state index is 0.668. The lowest BCUT2D eigenvalue weighted by molar-refractivity contribution is 1.07. The van der Waals surface area contributed by atoms with E-state index in [1.165, 1.54) is 46.3 Å². The molecule has 43 heavy (non-hydrogen) atoms. The first-order chi connectivity index (χ1) is 21.3. The minimum atomic E-state index is 0.668. The summed E-state index contributed by atoms with van der Waals surface area (Å²) < 4.78 is 4.98. The first-order valence-corrected chi connectivity index (χ1v) is 15.8. The summed E-state index contributed by atoms with van der Waals surface area (Å²) in [5.74, 6) is 2.01. The van der Waals surface area contributed by atoms with Crippen LogP contribution in [0.1, 0.15) is 0 Å². The lowest BCUT2D eigenvalue weighted by Crippen LogP contribution is -2.00. The van der Waals surface area contributed by atoms with Crippen LogP contribution in [0.3, 0.4) is 0 Å². The van der Waals surface area contributed by atoms with Crippen LogP contribution in [-0.2, 0) is 0 Å². The Bertz CT molecular complexity index is 2380. The van der Waals surface area contributed by atoms with E-state index < -0.39 is 0 Å². The van der Waals surface area contributed by atoms with Crippen molar-refractivity contribution in [2.75, 3.05) is 0 Å². The third-order valence-electron chi connectivity index (χ3n) is 7.87. The molecule has 0 atom stereocenters. The lowest BCUT2D eigenvalue weighted by atomic mass is 10.1. The fraction of sp³-hybridized carbons (Fsp3) is 0. The van der Waals surface area contributed by atoms with Gasteiger partial charge in [-0.25, -0.2) is 15.0 Å². The highest BCUT2D eigenvalue weighted by atomic mass is 32.1. The number of benzene rings is 5. The molecule has 4 heterocycles. The van der Waals surface area contributed by atoms with Gasteiger partial charge in [0, 0.05) is 53.3 Å². The molecule has 0 aliphatic rings. The van der Waals surface area contributed by atoms with Crippen molar-refractivity contribution < 1.29 is 0 Å². The molecule has 202 valence electrons. The molecule has 0 fully saturated rings. The second kappa shape index (κ2) is 9.70. The Labute approximate surface area is 255 Å². The molecule has 9 aromatic rings. The number of aromatic nitrogens is 4. The second-order valence-electron chi connectivity index (χ2n) is 10.5. The van der Waals surface area contributed by atoms with Crippen LogP contribution in [0.25, 0.3) is 80.5 Å². The van der Waals surface area contributed by atoms with Gasteiger partial charge in [-0.3, -0.25) is 4.57 Å². The zero-order chi connectivity index (χ0) is 28.3. The first kappa shape index (κ1) is 24.4. The number of hydrogen-bond acceptors (Lipinski definition) is 5. The van der Waals surface area contributed by atoms with E-state index in [9.17, 15) is 0 Å². The summed E-state index contributed by atoms with van der Waals surface area (Å²) in [7, 11) is 0. The highest BCUT2D eigenvalue weighted by Crippen LogP contribution is 2.48. The van der Waals surface area contributed by atoms with E-state index in [-0.39, 0.29) is 0 Å². The van der Waals surface area contributed by atoms with Crippen molar-refractivity contribution in [2.24, 2.45) is 0 Å². The Kier molecular flexibility index (Phi) is 5.51. The van der Waals surface area contributed by atoms with E-state index in [2.05, 4.69) is 77.4 Å². The molecule has 0 bridgehead atoms. The van der Waals surface area contributed by atoms with Gasteiger partial charge in [0.2, 0.25) is 0 Å². The Morgan fingerprint density at radius 2 is 0.907 bits per heavy atom. The van der Waals surface area contributed by atoms with E-state index in [4.69, 9.17) is 15.0 Å². The van der Waals surface area contributed by atoms with Crippen LogP contribution >= 0.6 is 22.7 Å². The molecule has 0 saturated heterocycles. The van der Waals surface area contributed by atoms with E-state index in [0.29, 0.717) is 17.5 Å². The molecule has 5 aromatic carbocycles. The van der Waals surface area contributed by atoms with Crippen molar-refractivity contribution in [1.29, 1.82) is 0 Å². The second-order valence-corrected chi connectivity index (χ2v) is 12.5. The van der Waals surface area contributed by atoms with Gasteiger partial charge in [-0.15, -0.1) is 22.7 Å². The van der Waals surface area contributed by atoms with E-state index in [1.54, 1.807) is 0 Å². The fourth-order valence-corrected chi connectivity index (χ4v) is 8.41. The van der Waals surface area contributed by atoms with Gasteiger partial charge >= 0.3 is 0 Å². The Hall–Kier alpha value is -5.17. The maximum absolute atomic E-state index is 5.00. The maximum Gasteiger partial charge on any atom is 0.164 e. The summed E-state index contributed by atoms with van der Waals surface area (Å²) in [6.45, 7) is 0. The summed E-state index contributed by atoms with van der Waals surface area (Å²) in [6, 6.07) is 46.3. The molecule has 4 nitrogen and oxygen atoms in total. The molecule has 0 saturated carbocycles. The predicted octanol–water partition coefficient (Wildman–Crippen LogP) is 10.4. The van der Waals surface area contributed by atoms with Crippen LogP contribution in [-0.4, -0.2) is 19.5 Å². The van der Waals surface area contributed by atoms with Gasteiger partial charge < -0.3 is 0 Å². The average molecular weight is 587 g/mol. The first-order valence-electron chi connectivity index (χ1n) is 14.1. The van der Waals surface area contributed by atoms with Gasteiger partial charge in [-0.1, -0.05) is 97.1 Å². The molecule has 0 amide bonds. The molecule has 9 rings (SSSR count). The SMILES string of the molecule is c1ccc(-c2nc(-c3ccccc3)nc(-c3ccc4sc5c(c4c3)c3c4ccccc4sc3n5-c3ccccc3)n2)cc1. The average Bonchev–Trinajstić information content (AvgIpc) is 3.72. The molecule has 6 heteroatoms. The van der Waals surface area contributed by atoms with Crippen LogP contribution in [0.4, 0.5) is 0 Å². The largest absolute Gasteiger partial charge is 0.292 e. The monoisotopic (exact) mass is 586 g/mol. The number of fused-ring (bicyclic) bond motifs is 7. The zero-order valence-corrected chi connectivity index (χ0v) is 24.4. The molecule has 4 aromatic heterocycles. The topological polar surface area (TPSA) is 43.6 Å². The van der Waals surface area contributed by atoms with E-state index in [1.807, 2.05) is 83.3 Å². The van der Waals surface area contributed by atoms with Crippen LogP contribution in [0.5, 0.6) is 0 Å². The van der Waals surface area contributed by atoms with Crippen LogP contribution in [0.2, 0.25) is 0 Å². The molecule has 0 unspecified atom stereocenters. The third kappa shape index (κ3) is 3.91. The van der Waals surface area contributed by atoms with Crippen LogP contribution in [0.15, 0.2) is 133 Å². The zero-order valence-electron chi connectivity index (χ0n) is 22.8. The van der Waals surface area contributed by atoms with Gasteiger partial charge in [-0.2, -0.15) is 0 Å². The molecule has 0 N–H and O–H groups in total. The summed E-state index contributed by atoms with van der Waals surface area (Å²) in [4.78, 5) is 17.4. The standard InChI is InChI=1S/C37H22N4S2/c1-4-12-23(13-5-1)33-38-34(24-14-6-2-7-15-24)40-35(39-33)25-20-21-30-28(22-25)32-31-27-18-10-11-19-29(27)42-36(31)41(37(32)43-30)26-16-8-3-9-17-26/h1-22H. The van der Waals surface area contributed by atoms with Gasteiger partial charge in [-0.05, 0) is 36.4 Å². The number of hydrogen-bond donors (Lipinski definition) is 0. The predicted molar refractivity (Wildman–Crippen MR) is 181 cm³/mol. The van der Waals surface area contributed by atoms with E-state index in [0.717, 1.165) is 16.7 Å². The number of nitrogens with zero attached hydrogens (tertiary/aromatic N) is 4. The number of thiophene rings is 2. The molecule has 0 aliphatic carbocycles. The minimum Gasteiger partial charge on any atom is -0.292 e. The normalized spacial score (nSPS) is 11.7. The summed E-state index contributed by atoms with van der Waals surface area (Å²) in [5.41, 5.74) is 4.09. The highest BCUT2D eigenvalue weighted by Gasteiger charge is 2.22. The summed E-state index contributed by atoms with van der Waals surface area (Å²) >= 11 is 3.70.